The van der Waals surface area contributed by atoms with Crippen LogP contribution in [0, 0.1) is 6.92 Å². The summed E-state index contributed by atoms with van der Waals surface area (Å²) in [5, 5.41) is 13.6. The lowest BCUT2D eigenvalue weighted by atomic mass is 9.82. The quantitative estimate of drug-likeness (QED) is 0.802. The minimum atomic E-state index is -0.373. The summed E-state index contributed by atoms with van der Waals surface area (Å²) in [5.74, 6) is 0.0716. The molecule has 0 amide bonds. The predicted molar refractivity (Wildman–Crippen MR) is 74.0 cm³/mol. The number of hydrogen-bond donors (Lipinski definition) is 2. The number of aliphatic hydroxyl groups excluding tert-OH is 1. The lowest BCUT2D eigenvalue weighted by Gasteiger charge is -2.32. The fourth-order valence-electron chi connectivity index (χ4n) is 2.78. The van der Waals surface area contributed by atoms with Crippen molar-refractivity contribution in [2.75, 3.05) is 11.9 Å². The van der Waals surface area contributed by atoms with Gasteiger partial charge in [0.05, 0.1) is 6.10 Å². The molecule has 0 saturated heterocycles. The van der Waals surface area contributed by atoms with Gasteiger partial charge >= 0.3 is 0 Å². The van der Waals surface area contributed by atoms with Crippen LogP contribution in [0.25, 0.3) is 0 Å². The SMILES string of the molecule is Cc1cccc2c1NC[C@@H](O)[C@@H]2c1ccccc1. The summed E-state index contributed by atoms with van der Waals surface area (Å²) >= 11 is 0. The van der Waals surface area contributed by atoms with Gasteiger partial charge in [-0.1, -0.05) is 48.5 Å². The Morgan fingerprint density at radius 2 is 1.83 bits per heavy atom. The van der Waals surface area contributed by atoms with Gasteiger partial charge in [-0.2, -0.15) is 0 Å². The van der Waals surface area contributed by atoms with E-state index in [0.717, 1.165) is 0 Å². The van der Waals surface area contributed by atoms with Crippen molar-refractivity contribution in [1.29, 1.82) is 0 Å². The summed E-state index contributed by atoms with van der Waals surface area (Å²) in [6.07, 6.45) is -0.373. The van der Waals surface area contributed by atoms with E-state index in [1.54, 1.807) is 0 Å². The zero-order valence-electron chi connectivity index (χ0n) is 10.4. The molecule has 92 valence electrons. The lowest BCUT2D eigenvalue weighted by molar-refractivity contribution is 0.165. The van der Waals surface area contributed by atoms with Crippen molar-refractivity contribution in [3.8, 4) is 0 Å². The Hall–Kier alpha value is -1.80. The second kappa shape index (κ2) is 4.46. The first-order valence-electron chi connectivity index (χ1n) is 6.34. The third kappa shape index (κ3) is 1.79. The van der Waals surface area contributed by atoms with Crippen LogP contribution in [0.2, 0.25) is 0 Å². The standard InChI is InChI=1S/C16H17NO/c1-11-6-5-9-13-15(12-7-3-2-4-8-12)14(18)10-17-16(11)13/h2-9,14-15,17-18H,10H2,1H3/t14-,15-/m1/s1. The molecule has 0 radical (unpaired) electrons. The van der Waals surface area contributed by atoms with Gasteiger partial charge in [0, 0.05) is 18.2 Å². The summed E-state index contributed by atoms with van der Waals surface area (Å²) in [6.45, 7) is 2.71. The zero-order valence-corrected chi connectivity index (χ0v) is 10.4. The van der Waals surface area contributed by atoms with Gasteiger partial charge in [-0.05, 0) is 23.6 Å². The Morgan fingerprint density at radius 1 is 1.06 bits per heavy atom. The number of para-hydroxylation sites is 1. The van der Waals surface area contributed by atoms with Crippen molar-refractivity contribution in [2.24, 2.45) is 0 Å². The van der Waals surface area contributed by atoms with Crippen LogP contribution in [0.4, 0.5) is 5.69 Å². The predicted octanol–water partition coefficient (Wildman–Crippen LogP) is 2.91. The van der Waals surface area contributed by atoms with Crippen LogP contribution in [-0.4, -0.2) is 17.8 Å². The third-order valence-corrected chi connectivity index (χ3v) is 3.67. The minimum absolute atomic E-state index is 0.0716. The van der Waals surface area contributed by atoms with Crippen molar-refractivity contribution in [2.45, 2.75) is 18.9 Å². The topological polar surface area (TPSA) is 32.3 Å². The van der Waals surface area contributed by atoms with E-state index < -0.39 is 0 Å². The molecule has 1 aliphatic rings. The van der Waals surface area contributed by atoms with Crippen molar-refractivity contribution >= 4 is 5.69 Å². The van der Waals surface area contributed by atoms with Gasteiger partial charge in [-0.15, -0.1) is 0 Å². The van der Waals surface area contributed by atoms with Gasteiger partial charge in [0.25, 0.3) is 0 Å². The maximum absolute atomic E-state index is 10.3. The van der Waals surface area contributed by atoms with Crippen LogP contribution >= 0.6 is 0 Å². The van der Waals surface area contributed by atoms with Crippen molar-refractivity contribution in [1.82, 2.24) is 0 Å². The van der Waals surface area contributed by atoms with E-state index in [4.69, 9.17) is 0 Å². The highest BCUT2D eigenvalue weighted by Gasteiger charge is 2.29. The largest absolute Gasteiger partial charge is 0.390 e. The molecular weight excluding hydrogens is 222 g/mol. The van der Waals surface area contributed by atoms with E-state index in [1.165, 1.54) is 22.4 Å². The van der Waals surface area contributed by atoms with Crippen LogP contribution in [0.15, 0.2) is 48.5 Å². The minimum Gasteiger partial charge on any atom is -0.390 e. The molecule has 1 aliphatic heterocycles. The maximum atomic E-state index is 10.3. The van der Waals surface area contributed by atoms with Crippen LogP contribution in [0.5, 0.6) is 0 Å². The van der Waals surface area contributed by atoms with Gasteiger partial charge in [-0.25, -0.2) is 0 Å². The summed E-state index contributed by atoms with van der Waals surface area (Å²) in [5.41, 5.74) is 4.79. The zero-order chi connectivity index (χ0) is 12.5. The third-order valence-electron chi connectivity index (χ3n) is 3.67. The number of rotatable bonds is 1. The van der Waals surface area contributed by atoms with Gasteiger partial charge in [-0.3, -0.25) is 0 Å². The Balaban J connectivity index is 2.13. The van der Waals surface area contributed by atoms with Crippen LogP contribution in [0.1, 0.15) is 22.6 Å². The number of hydrogen-bond acceptors (Lipinski definition) is 2. The van der Waals surface area contributed by atoms with E-state index in [9.17, 15) is 5.11 Å². The first-order chi connectivity index (χ1) is 8.77. The Morgan fingerprint density at radius 3 is 2.61 bits per heavy atom. The maximum Gasteiger partial charge on any atom is 0.0822 e. The molecule has 0 saturated carbocycles. The van der Waals surface area contributed by atoms with Crippen molar-refractivity contribution in [3.05, 3.63) is 65.2 Å². The van der Waals surface area contributed by atoms with E-state index in [-0.39, 0.29) is 12.0 Å². The summed E-state index contributed by atoms with van der Waals surface area (Å²) in [4.78, 5) is 0. The summed E-state index contributed by atoms with van der Waals surface area (Å²) in [6, 6.07) is 16.5. The number of β-amino-alcohol motifs (C(OH)–C–C–N with tert-alkyl or cyclic N) is 1. The summed E-state index contributed by atoms with van der Waals surface area (Å²) in [7, 11) is 0. The average molecular weight is 239 g/mol. The molecule has 0 aliphatic carbocycles. The molecule has 0 aromatic heterocycles. The second-order valence-electron chi connectivity index (χ2n) is 4.88. The Labute approximate surface area is 107 Å². The fraction of sp³-hybridized carbons (Fsp3) is 0.250. The fourth-order valence-corrected chi connectivity index (χ4v) is 2.78. The molecule has 0 bridgehead atoms. The number of aryl methyl sites for hydroxylation is 1. The molecule has 2 N–H and O–H groups in total. The van der Waals surface area contributed by atoms with Crippen LogP contribution < -0.4 is 5.32 Å². The molecule has 2 nitrogen and oxygen atoms in total. The van der Waals surface area contributed by atoms with Crippen molar-refractivity contribution in [3.63, 3.8) is 0 Å². The number of benzene rings is 2. The molecule has 2 atom stereocenters. The number of nitrogens with one attached hydrogen (secondary N) is 1. The molecule has 2 heteroatoms. The van der Waals surface area contributed by atoms with E-state index in [1.807, 2.05) is 18.2 Å². The monoisotopic (exact) mass is 239 g/mol. The van der Waals surface area contributed by atoms with E-state index in [2.05, 4.69) is 42.6 Å². The number of anilines is 1. The van der Waals surface area contributed by atoms with Crippen LogP contribution in [-0.2, 0) is 0 Å². The van der Waals surface area contributed by atoms with Gasteiger partial charge < -0.3 is 10.4 Å². The Kier molecular flexibility index (Phi) is 2.80. The molecule has 3 rings (SSSR count). The van der Waals surface area contributed by atoms with Crippen molar-refractivity contribution < 1.29 is 5.11 Å². The summed E-state index contributed by atoms with van der Waals surface area (Å²) < 4.78 is 0. The normalized spacial score (nSPS) is 22.1. The molecule has 18 heavy (non-hydrogen) atoms. The Bertz CT molecular complexity index is 550. The first-order valence-corrected chi connectivity index (χ1v) is 6.34. The number of fused-ring (bicyclic) bond motifs is 1. The van der Waals surface area contributed by atoms with E-state index in [0.29, 0.717) is 6.54 Å². The van der Waals surface area contributed by atoms with Gasteiger partial charge in [0.1, 0.15) is 0 Å². The molecule has 1 heterocycles. The molecule has 0 fully saturated rings. The average Bonchev–Trinajstić information content (AvgIpc) is 2.40. The molecule has 2 aromatic rings. The molecule has 0 unspecified atom stereocenters. The number of aliphatic hydroxyl groups is 1. The van der Waals surface area contributed by atoms with Gasteiger partial charge in [0.15, 0.2) is 0 Å². The first kappa shape index (κ1) is 11.3. The van der Waals surface area contributed by atoms with Crippen LogP contribution in [0.3, 0.4) is 0 Å². The highest BCUT2D eigenvalue weighted by atomic mass is 16.3. The smallest absolute Gasteiger partial charge is 0.0822 e. The highest BCUT2D eigenvalue weighted by Crippen LogP contribution is 2.38. The van der Waals surface area contributed by atoms with E-state index >= 15 is 0 Å². The molecule has 0 spiro atoms. The molecule has 2 aromatic carbocycles. The lowest BCUT2D eigenvalue weighted by Crippen LogP contribution is -2.33. The molecular formula is C16H17NO. The highest BCUT2D eigenvalue weighted by molar-refractivity contribution is 5.62. The second-order valence-corrected chi connectivity index (χ2v) is 4.88. The van der Waals surface area contributed by atoms with Gasteiger partial charge in [0.2, 0.25) is 0 Å².